The number of rotatable bonds is 5. The van der Waals surface area contributed by atoms with Gasteiger partial charge >= 0.3 is 0 Å². The number of aromatic amines is 1. The Morgan fingerprint density at radius 3 is 2.88 bits per heavy atom. The molecular weight excluding hydrogens is 331 g/mol. The van der Waals surface area contributed by atoms with Crippen LogP contribution in [0.15, 0.2) is 48.7 Å². The fourth-order valence-corrected chi connectivity index (χ4v) is 2.77. The number of nitrogens with one attached hydrogen (secondary N) is 2. The number of fused-ring (bicyclic) bond motifs is 1. The molecule has 1 amide bonds. The van der Waals surface area contributed by atoms with Crippen molar-refractivity contribution in [2.45, 2.75) is 12.5 Å². The van der Waals surface area contributed by atoms with E-state index in [9.17, 15) is 14.3 Å². The van der Waals surface area contributed by atoms with E-state index in [1.54, 1.807) is 30.5 Å². The molecule has 0 fully saturated rings. The molecule has 3 rings (SSSR count). The summed E-state index contributed by atoms with van der Waals surface area (Å²) in [5, 5.41) is 14.1. The molecule has 2 aromatic carbocycles. The van der Waals surface area contributed by atoms with Gasteiger partial charge in [0.2, 0.25) is 5.91 Å². The molecular formula is C18H16ClFN2O2. The molecule has 3 aromatic rings. The van der Waals surface area contributed by atoms with E-state index in [0.717, 1.165) is 16.5 Å². The third-order valence-electron chi connectivity index (χ3n) is 3.84. The second-order valence-electron chi connectivity index (χ2n) is 5.52. The smallest absolute Gasteiger partial charge is 0.224 e. The van der Waals surface area contributed by atoms with Gasteiger partial charge in [-0.3, -0.25) is 4.79 Å². The van der Waals surface area contributed by atoms with Gasteiger partial charge in [-0.1, -0.05) is 29.8 Å². The zero-order valence-electron chi connectivity index (χ0n) is 12.7. The van der Waals surface area contributed by atoms with Crippen LogP contribution in [0.1, 0.15) is 17.2 Å². The lowest BCUT2D eigenvalue weighted by Crippen LogP contribution is -2.29. The minimum atomic E-state index is -1.09. The van der Waals surface area contributed by atoms with Crippen LogP contribution in [0.4, 0.5) is 4.39 Å². The largest absolute Gasteiger partial charge is 0.386 e. The number of aromatic nitrogens is 1. The molecule has 0 saturated carbocycles. The van der Waals surface area contributed by atoms with Crippen LogP contribution in [0, 0.1) is 5.82 Å². The van der Waals surface area contributed by atoms with Crippen LogP contribution in [-0.2, 0) is 11.2 Å². The maximum Gasteiger partial charge on any atom is 0.224 e. The Hall–Kier alpha value is -2.37. The van der Waals surface area contributed by atoms with Gasteiger partial charge in [0.15, 0.2) is 0 Å². The van der Waals surface area contributed by atoms with E-state index in [0.29, 0.717) is 5.02 Å². The van der Waals surface area contributed by atoms with Crippen molar-refractivity contribution in [2.75, 3.05) is 6.54 Å². The normalized spacial score (nSPS) is 12.3. The molecule has 4 nitrogen and oxygen atoms in total. The third-order valence-corrected chi connectivity index (χ3v) is 4.07. The van der Waals surface area contributed by atoms with Crippen molar-refractivity contribution in [2.24, 2.45) is 0 Å². The highest BCUT2D eigenvalue weighted by Gasteiger charge is 2.14. The Labute approximate surface area is 143 Å². The quantitative estimate of drug-likeness (QED) is 0.663. The van der Waals surface area contributed by atoms with Gasteiger partial charge in [-0.25, -0.2) is 4.39 Å². The molecule has 0 spiro atoms. The number of benzene rings is 2. The van der Waals surface area contributed by atoms with E-state index in [4.69, 9.17) is 11.6 Å². The molecule has 1 atom stereocenters. The van der Waals surface area contributed by atoms with Crippen LogP contribution < -0.4 is 5.32 Å². The summed E-state index contributed by atoms with van der Waals surface area (Å²) in [6.07, 6.45) is 0.811. The number of carbonyl (C=O) groups is 1. The van der Waals surface area contributed by atoms with Gasteiger partial charge in [0.25, 0.3) is 0 Å². The molecule has 24 heavy (non-hydrogen) atoms. The van der Waals surface area contributed by atoms with Crippen molar-refractivity contribution in [3.8, 4) is 0 Å². The van der Waals surface area contributed by atoms with E-state index in [2.05, 4.69) is 10.3 Å². The molecule has 0 aliphatic carbocycles. The summed E-state index contributed by atoms with van der Waals surface area (Å²) in [7, 11) is 0. The zero-order chi connectivity index (χ0) is 17.1. The number of carbonyl (C=O) groups excluding carboxylic acids is 1. The Morgan fingerprint density at radius 2 is 2.08 bits per heavy atom. The summed E-state index contributed by atoms with van der Waals surface area (Å²) in [5.74, 6) is -0.753. The van der Waals surface area contributed by atoms with Crippen LogP contribution in [0.5, 0.6) is 0 Å². The summed E-state index contributed by atoms with van der Waals surface area (Å²) in [4.78, 5) is 15.2. The molecule has 0 aliphatic heterocycles. The summed E-state index contributed by atoms with van der Waals surface area (Å²) >= 11 is 5.99. The first kappa shape index (κ1) is 16.5. The summed E-state index contributed by atoms with van der Waals surface area (Å²) in [5.41, 5.74) is 1.87. The first-order valence-electron chi connectivity index (χ1n) is 7.49. The standard InChI is InChI=1S/C18H16ClFN2O2/c19-12-5-6-16-14(8-12)11(9-21-16)7-18(24)22-10-17(23)13-3-1-2-4-15(13)20/h1-6,8-9,17,21,23H,7,10H2,(H,22,24). The highest BCUT2D eigenvalue weighted by atomic mass is 35.5. The predicted octanol–water partition coefficient (Wildman–Crippen LogP) is 3.35. The zero-order valence-corrected chi connectivity index (χ0v) is 13.5. The molecule has 0 saturated heterocycles. The first-order chi connectivity index (χ1) is 11.5. The Bertz CT molecular complexity index is 878. The SMILES string of the molecule is O=C(Cc1c[nH]c2ccc(Cl)cc12)NCC(O)c1ccccc1F. The molecule has 1 aromatic heterocycles. The van der Waals surface area contributed by atoms with Crippen molar-refractivity contribution < 1.29 is 14.3 Å². The molecule has 6 heteroatoms. The van der Waals surface area contributed by atoms with Gasteiger partial charge in [0.05, 0.1) is 12.5 Å². The van der Waals surface area contributed by atoms with Gasteiger partial charge in [-0.15, -0.1) is 0 Å². The van der Waals surface area contributed by atoms with E-state index in [1.807, 2.05) is 6.07 Å². The summed E-state index contributed by atoms with van der Waals surface area (Å²) < 4.78 is 13.6. The number of H-pyrrole nitrogens is 1. The minimum absolute atomic E-state index is 0.0527. The van der Waals surface area contributed by atoms with Crippen molar-refractivity contribution in [3.63, 3.8) is 0 Å². The van der Waals surface area contributed by atoms with Crippen molar-refractivity contribution in [3.05, 3.63) is 70.6 Å². The number of aliphatic hydroxyl groups excluding tert-OH is 1. The van der Waals surface area contributed by atoms with Crippen LogP contribution in [0.25, 0.3) is 10.9 Å². The topological polar surface area (TPSA) is 65.1 Å². The molecule has 0 radical (unpaired) electrons. The number of hydrogen-bond acceptors (Lipinski definition) is 2. The minimum Gasteiger partial charge on any atom is -0.386 e. The van der Waals surface area contributed by atoms with Crippen LogP contribution in [0.2, 0.25) is 5.02 Å². The maximum absolute atomic E-state index is 13.6. The summed E-state index contributed by atoms with van der Waals surface area (Å²) in [6, 6.07) is 11.4. The highest BCUT2D eigenvalue weighted by Crippen LogP contribution is 2.23. The van der Waals surface area contributed by atoms with E-state index < -0.39 is 11.9 Å². The van der Waals surface area contributed by atoms with Gasteiger partial charge in [-0.05, 0) is 29.8 Å². The van der Waals surface area contributed by atoms with E-state index in [-0.39, 0.29) is 24.4 Å². The Morgan fingerprint density at radius 1 is 1.29 bits per heavy atom. The monoisotopic (exact) mass is 346 g/mol. The second-order valence-corrected chi connectivity index (χ2v) is 5.96. The fourth-order valence-electron chi connectivity index (χ4n) is 2.60. The van der Waals surface area contributed by atoms with Gasteiger partial charge in [0, 0.05) is 34.2 Å². The lowest BCUT2D eigenvalue weighted by atomic mass is 10.1. The predicted molar refractivity (Wildman–Crippen MR) is 91.4 cm³/mol. The lowest BCUT2D eigenvalue weighted by Gasteiger charge is -2.13. The fraction of sp³-hybridized carbons (Fsp3) is 0.167. The molecule has 3 N–H and O–H groups in total. The van der Waals surface area contributed by atoms with E-state index in [1.165, 1.54) is 12.1 Å². The van der Waals surface area contributed by atoms with Gasteiger partial charge in [0.1, 0.15) is 5.82 Å². The Balaban J connectivity index is 1.63. The number of hydrogen-bond donors (Lipinski definition) is 3. The third kappa shape index (κ3) is 3.58. The number of amides is 1. The maximum atomic E-state index is 13.6. The van der Waals surface area contributed by atoms with Crippen molar-refractivity contribution in [1.29, 1.82) is 0 Å². The Kier molecular flexibility index (Phi) is 4.83. The molecule has 1 unspecified atom stereocenters. The first-order valence-corrected chi connectivity index (χ1v) is 7.87. The average molecular weight is 347 g/mol. The van der Waals surface area contributed by atoms with Gasteiger partial charge in [-0.2, -0.15) is 0 Å². The number of aliphatic hydroxyl groups is 1. The van der Waals surface area contributed by atoms with Crippen LogP contribution >= 0.6 is 11.6 Å². The highest BCUT2D eigenvalue weighted by molar-refractivity contribution is 6.31. The average Bonchev–Trinajstić information content (AvgIpc) is 2.95. The van der Waals surface area contributed by atoms with Gasteiger partial charge < -0.3 is 15.4 Å². The molecule has 0 aliphatic rings. The second kappa shape index (κ2) is 7.03. The summed E-state index contributed by atoms with van der Waals surface area (Å²) in [6.45, 7) is -0.0527. The molecule has 1 heterocycles. The number of halogens is 2. The molecule has 0 bridgehead atoms. The van der Waals surface area contributed by atoms with Crippen molar-refractivity contribution in [1.82, 2.24) is 10.3 Å². The lowest BCUT2D eigenvalue weighted by molar-refractivity contribution is -0.120. The van der Waals surface area contributed by atoms with Crippen molar-refractivity contribution >= 4 is 28.4 Å². The van der Waals surface area contributed by atoms with E-state index >= 15 is 0 Å². The van der Waals surface area contributed by atoms with Crippen LogP contribution in [-0.4, -0.2) is 22.5 Å². The van der Waals surface area contributed by atoms with Crippen LogP contribution in [0.3, 0.4) is 0 Å². The molecule has 124 valence electrons.